The quantitative estimate of drug-likeness (QED) is 0.606. The van der Waals surface area contributed by atoms with Gasteiger partial charge in [0.25, 0.3) is 0 Å². The second-order valence-electron chi connectivity index (χ2n) is 10.8. The van der Waals surface area contributed by atoms with Crippen molar-refractivity contribution in [1.82, 2.24) is 10.2 Å². The molecular formula is C25H35N3O5. The number of carbonyl (C=O) groups excluding carboxylic acids is 3. The zero-order chi connectivity index (χ0) is 24.2. The van der Waals surface area contributed by atoms with Gasteiger partial charge in [-0.05, 0) is 59.1 Å². The molecule has 2 unspecified atom stereocenters. The minimum atomic E-state index is -1.09. The maximum Gasteiger partial charge on any atom is 0.246 e. The van der Waals surface area contributed by atoms with E-state index in [1.54, 1.807) is 12.1 Å². The Kier molecular flexibility index (Phi) is 5.81. The van der Waals surface area contributed by atoms with Crippen molar-refractivity contribution in [2.24, 2.45) is 11.8 Å². The van der Waals surface area contributed by atoms with Crippen molar-refractivity contribution in [3.8, 4) is 0 Å². The Morgan fingerprint density at radius 1 is 1.21 bits per heavy atom. The largest absolute Gasteiger partial charge is 0.394 e. The Morgan fingerprint density at radius 3 is 2.45 bits per heavy atom. The van der Waals surface area contributed by atoms with Crippen molar-refractivity contribution < 1.29 is 24.2 Å². The Balaban J connectivity index is 1.75. The first-order valence-corrected chi connectivity index (χ1v) is 11.8. The molecule has 0 radical (unpaired) electrons. The fraction of sp³-hybridized carbons (Fsp3) is 0.640. The van der Waals surface area contributed by atoms with Crippen LogP contribution >= 0.6 is 0 Å². The van der Waals surface area contributed by atoms with Crippen molar-refractivity contribution >= 4 is 23.4 Å². The highest BCUT2D eigenvalue weighted by atomic mass is 16.5. The van der Waals surface area contributed by atoms with E-state index in [9.17, 15) is 19.5 Å². The molecule has 2 bridgehead atoms. The number of benzene rings is 1. The predicted molar refractivity (Wildman–Crippen MR) is 123 cm³/mol. The van der Waals surface area contributed by atoms with Gasteiger partial charge in [-0.25, -0.2) is 0 Å². The van der Waals surface area contributed by atoms with Gasteiger partial charge in [0.2, 0.25) is 17.7 Å². The van der Waals surface area contributed by atoms with Gasteiger partial charge in [-0.1, -0.05) is 25.1 Å². The van der Waals surface area contributed by atoms with Gasteiger partial charge < -0.3 is 25.4 Å². The Morgan fingerprint density at radius 2 is 1.88 bits per heavy atom. The highest BCUT2D eigenvalue weighted by molar-refractivity contribution is 6.02. The number of aliphatic hydroxyl groups is 1. The first-order valence-electron chi connectivity index (χ1n) is 11.8. The highest BCUT2D eigenvalue weighted by Gasteiger charge is 2.78. The molecule has 33 heavy (non-hydrogen) atoms. The zero-order valence-corrected chi connectivity index (χ0v) is 20.1. The summed E-state index contributed by atoms with van der Waals surface area (Å²) in [5, 5.41) is 16.0. The molecule has 3 aliphatic rings. The number of ether oxygens (including phenoxy) is 1. The van der Waals surface area contributed by atoms with Crippen LogP contribution in [0.5, 0.6) is 0 Å². The average molecular weight is 458 g/mol. The number of aliphatic hydroxyl groups excluding tert-OH is 1. The number of carbonyl (C=O) groups is 3. The SMILES string of the molecule is CC[C@@H](CO)N1C(=O)[C@@H]2[C@@H](C(=O)Nc3ccccc3)[C@@]3(C)CCC2(O3)C1C(=O)NC(C)(C)C. The Hall–Kier alpha value is -2.45. The highest BCUT2D eigenvalue weighted by Crippen LogP contribution is 2.63. The van der Waals surface area contributed by atoms with Crippen LogP contribution in [0.25, 0.3) is 0 Å². The van der Waals surface area contributed by atoms with Crippen molar-refractivity contribution in [3.63, 3.8) is 0 Å². The summed E-state index contributed by atoms with van der Waals surface area (Å²) in [7, 11) is 0. The molecule has 180 valence electrons. The Bertz CT molecular complexity index is 941. The van der Waals surface area contributed by atoms with E-state index in [2.05, 4.69) is 10.6 Å². The molecule has 0 aliphatic carbocycles. The number of anilines is 1. The predicted octanol–water partition coefficient (Wildman–Crippen LogP) is 2.08. The molecule has 3 N–H and O–H groups in total. The smallest absolute Gasteiger partial charge is 0.246 e. The minimum Gasteiger partial charge on any atom is -0.394 e. The van der Waals surface area contributed by atoms with Crippen LogP contribution in [-0.2, 0) is 19.1 Å². The maximum atomic E-state index is 13.9. The standard InChI is InChI=1S/C25H35N3O5/c1-6-16(14-29)28-19(21(31)27-23(2,3)4)25-13-12-24(5,33-25)17(18(25)22(28)32)20(30)26-15-10-8-7-9-11-15/h7-11,16-19,29H,6,12-14H2,1-5H3,(H,26,30)(H,27,31)/t16-,17-,18-,19?,24+,25?/m0/s1. The van der Waals surface area contributed by atoms with Crippen molar-refractivity contribution in [2.75, 3.05) is 11.9 Å². The lowest BCUT2D eigenvalue weighted by Crippen LogP contribution is -2.60. The number of rotatable bonds is 6. The van der Waals surface area contributed by atoms with Crippen LogP contribution < -0.4 is 10.6 Å². The number of para-hydroxylation sites is 1. The number of fused-ring (bicyclic) bond motifs is 1. The van der Waals surface area contributed by atoms with E-state index in [0.717, 1.165) is 0 Å². The van der Waals surface area contributed by atoms with Crippen LogP contribution in [0.15, 0.2) is 30.3 Å². The van der Waals surface area contributed by atoms with Crippen molar-refractivity contribution in [3.05, 3.63) is 30.3 Å². The summed E-state index contributed by atoms with van der Waals surface area (Å²) < 4.78 is 6.57. The van der Waals surface area contributed by atoms with Gasteiger partial charge in [0.15, 0.2) is 0 Å². The molecule has 3 amide bonds. The molecule has 1 aromatic carbocycles. The molecule has 3 saturated heterocycles. The molecule has 1 aromatic rings. The molecule has 0 aromatic heterocycles. The fourth-order valence-electron chi connectivity index (χ4n) is 6.05. The van der Waals surface area contributed by atoms with Crippen LogP contribution in [-0.4, -0.2) is 63.2 Å². The van der Waals surface area contributed by atoms with E-state index < -0.39 is 40.7 Å². The van der Waals surface area contributed by atoms with Gasteiger partial charge in [0, 0.05) is 11.2 Å². The summed E-state index contributed by atoms with van der Waals surface area (Å²) in [5.41, 5.74) is -1.80. The van der Waals surface area contributed by atoms with Crippen LogP contribution in [0.2, 0.25) is 0 Å². The molecular weight excluding hydrogens is 422 g/mol. The van der Waals surface area contributed by atoms with Gasteiger partial charge in [0.1, 0.15) is 11.6 Å². The van der Waals surface area contributed by atoms with Crippen LogP contribution in [0.1, 0.15) is 53.9 Å². The lowest BCUT2D eigenvalue weighted by molar-refractivity contribution is -0.149. The summed E-state index contributed by atoms with van der Waals surface area (Å²) in [6.07, 6.45) is 1.57. The van der Waals surface area contributed by atoms with Crippen molar-refractivity contribution in [2.45, 2.75) is 82.7 Å². The van der Waals surface area contributed by atoms with Gasteiger partial charge in [-0.15, -0.1) is 0 Å². The van der Waals surface area contributed by atoms with Gasteiger partial charge in [-0.3, -0.25) is 14.4 Å². The molecule has 1 spiro atoms. The number of likely N-dealkylation sites (tertiary alicyclic amines) is 1. The van der Waals surface area contributed by atoms with Crippen LogP contribution in [0.3, 0.4) is 0 Å². The third-order valence-corrected chi connectivity index (χ3v) is 7.36. The second-order valence-corrected chi connectivity index (χ2v) is 10.8. The molecule has 3 fully saturated rings. The number of amides is 3. The zero-order valence-electron chi connectivity index (χ0n) is 20.1. The topological polar surface area (TPSA) is 108 Å². The third-order valence-electron chi connectivity index (χ3n) is 7.36. The van der Waals surface area contributed by atoms with E-state index in [4.69, 9.17) is 4.74 Å². The lowest BCUT2D eigenvalue weighted by atomic mass is 9.66. The number of nitrogens with zero attached hydrogens (tertiary/aromatic N) is 1. The summed E-state index contributed by atoms with van der Waals surface area (Å²) in [6, 6.07) is 7.70. The molecule has 8 nitrogen and oxygen atoms in total. The maximum absolute atomic E-state index is 13.9. The van der Waals surface area contributed by atoms with Crippen LogP contribution in [0.4, 0.5) is 5.69 Å². The van der Waals surface area contributed by atoms with Gasteiger partial charge >= 0.3 is 0 Å². The minimum absolute atomic E-state index is 0.261. The van der Waals surface area contributed by atoms with E-state index in [0.29, 0.717) is 24.9 Å². The molecule has 8 heteroatoms. The molecule has 3 aliphatic heterocycles. The van der Waals surface area contributed by atoms with Crippen LogP contribution in [0, 0.1) is 11.8 Å². The number of nitrogens with one attached hydrogen (secondary N) is 2. The summed E-state index contributed by atoms with van der Waals surface area (Å²) in [6.45, 7) is 9.13. The van der Waals surface area contributed by atoms with Gasteiger partial charge in [0.05, 0.1) is 30.1 Å². The summed E-state index contributed by atoms with van der Waals surface area (Å²) >= 11 is 0. The summed E-state index contributed by atoms with van der Waals surface area (Å²) in [4.78, 5) is 42.5. The number of hydrogen-bond acceptors (Lipinski definition) is 5. The summed E-state index contributed by atoms with van der Waals surface area (Å²) in [5.74, 6) is -2.39. The van der Waals surface area contributed by atoms with Crippen molar-refractivity contribution in [1.29, 1.82) is 0 Å². The van der Waals surface area contributed by atoms with Gasteiger partial charge in [-0.2, -0.15) is 0 Å². The third kappa shape index (κ3) is 3.73. The monoisotopic (exact) mass is 457 g/mol. The average Bonchev–Trinajstić information content (AvgIpc) is 3.30. The normalized spacial score (nSPS) is 33.7. The molecule has 3 heterocycles. The van der Waals surface area contributed by atoms with E-state index in [1.165, 1.54) is 4.90 Å². The molecule has 6 atom stereocenters. The Labute approximate surface area is 195 Å². The van der Waals surface area contributed by atoms with E-state index >= 15 is 0 Å². The van der Waals surface area contributed by atoms with E-state index in [1.807, 2.05) is 52.8 Å². The fourth-order valence-corrected chi connectivity index (χ4v) is 6.05. The first-order chi connectivity index (χ1) is 15.5. The van der Waals surface area contributed by atoms with E-state index in [-0.39, 0.29) is 24.3 Å². The first kappa shape index (κ1) is 23.7. The number of hydrogen-bond donors (Lipinski definition) is 3. The molecule has 0 saturated carbocycles. The second kappa shape index (κ2) is 8.09. The lowest BCUT2D eigenvalue weighted by Gasteiger charge is -2.38. The molecule has 4 rings (SSSR count).